The van der Waals surface area contributed by atoms with Crippen LogP contribution in [0.3, 0.4) is 0 Å². The predicted octanol–water partition coefficient (Wildman–Crippen LogP) is 2.26. The molecule has 1 atom stereocenters. The molecule has 0 fully saturated rings. The fourth-order valence-electron chi connectivity index (χ4n) is 2.19. The van der Waals surface area contributed by atoms with Crippen molar-refractivity contribution in [3.05, 3.63) is 29.8 Å². The van der Waals surface area contributed by atoms with Crippen LogP contribution < -0.4 is 5.32 Å². The number of aliphatic hydroxyl groups is 1. The molecule has 0 saturated carbocycles. The molecule has 1 unspecified atom stereocenters. The van der Waals surface area contributed by atoms with Gasteiger partial charge in [-0.25, -0.2) is 0 Å². The Morgan fingerprint density at radius 3 is 2.35 bits per heavy atom. The number of aliphatic carboxylic acids is 1. The average molecular weight is 322 g/mol. The molecule has 0 heterocycles. The van der Waals surface area contributed by atoms with Gasteiger partial charge < -0.3 is 20.4 Å². The molecule has 0 aliphatic rings. The van der Waals surface area contributed by atoms with Crippen molar-refractivity contribution >= 4 is 17.6 Å². The molecule has 0 spiro atoms. The molecular formula is C17H26N2O4. The lowest BCUT2D eigenvalue weighted by Crippen LogP contribution is -2.28. The maximum absolute atomic E-state index is 11.3. The topological polar surface area (TPSA) is 89.9 Å². The number of rotatable bonds is 10. The number of nitrogens with zero attached hydrogens (tertiary/aromatic N) is 1. The van der Waals surface area contributed by atoms with Gasteiger partial charge in [0.25, 0.3) is 0 Å². The van der Waals surface area contributed by atoms with Crippen molar-refractivity contribution < 1.29 is 19.8 Å². The number of hydrogen-bond acceptors (Lipinski definition) is 4. The second-order valence-electron chi connectivity index (χ2n) is 5.41. The Labute approximate surface area is 137 Å². The van der Waals surface area contributed by atoms with Crippen molar-refractivity contribution in [2.75, 3.05) is 25.0 Å². The van der Waals surface area contributed by atoms with Crippen LogP contribution in [0.15, 0.2) is 24.3 Å². The van der Waals surface area contributed by atoms with E-state index in [1.807, 2.05) is 11.8 Å². The second kappa shape index (κ2) is 9.97. The largest absolute Gasteiger partial charge is 0.481 e. The zero-order valence-corrected chi connectivity index (χ0v) is 13.8. The van der Waals surface area contributed by atoms with Crippen molar-refractivity contribution in [2.24, 2.45) is 0 Å². The van der Waals surface area contributed by atoms with Crippen molar-refractivity contribution in [3.63, 3.8) is 0 Å². The van der Waals surface area contributed by atoms with Gasteiger partial charge in [-0.1, -0.05) is 26.0 Å². The lowest BCUT2D eigenvalue weighted by molar-refractivity contribution is -0.137. The standard InChI is InChI=1S/C17H26N2O4/c1-3-16(21)18-14-7-5-13(6-8-14)15(20)9-11-19(4-2)12-10-17(22)23/h5-8,15,20H,3-4,9-12H2,1-2H3,(H,18,21)(H,22,23). The van der Waals surface area contributed by atoms with Gasteiger partial charge >= 0.3 is 5.97 Å². The Kier molecular flexibility index (Phi) is 8.29. The lowest BCUT2D eigenvalue weighted by Gasteiger charge is -2.21. The zero-order valence-electron chi connectivity index (χ0n) is 13.8. The van der Waals surface area contributed by atoms with Crippen molar-refractivity contribution in [1.29, 1.82) is 0 Å². The molecule has 0 aliphatic heterocycles. The summed E-state index contributed by atoms with van der Waals surface area (Å²) in [5.74, 6) is -0.857. The third kappa shape index (κ3) is 7.25. The Balaban J connectivity index is 2.48. The van der Waals surface area contributed by atoms with Crippen LogP contribution in [0.25, 0.3) is 0 Å². The van der Waals surface area contributed by atoms with Gasteiger partial charge in [-0.15, -0.1) is 0 Å². The van der Waals surface area contributed by atoms with Crippen LogP contribution >= 0.6 is 0 Å². The number of amides is 1. The summed E-state index contributed by atoms with van der Waals surface area (Å²) in [6, 6.07) is 7.13. The number of benzene rings is 1. The van der Waals surface area contributed by atoms with Gasteiger partial charge in [-0.05, 0) is 30.7 Å². The molecule has 1 aromatic carbocycles. The third-order valence-corrected chi connectivity index (χ3v) is 3.71. The van der Waals surface area contributed by atoms with E-state index in [1.165, 1.54) is 0 Å². The Morgan fingerprint density at radius 1 is 1.17 bits per heavy atom. The van der Waals surface area contributed by atoms with Crippen LogP contribution in [-0.2, 0) is 9.59 Å². The molecule has 1 amide bonds. The Hall–Kier alpha value is -1.92. The Morgan fingerprint density at radius 2 is 1.83 bits per heavy atom. The molecule has 23 heavy (non-hydrogen) atoms. The maximum Gasteiger partial charge on any atom is 0.304 e. The first-order chi connectivity index (χ1) is 11.0. The molecule has 0 aliphatic carbocycles. The molecule has 3 N–H and O–H groups in total. The minimum Gasteiger partial charge on any atom is -0.481 e. The predicted molar refractivity (Wildman–Crippen MR) is 89.3 cm³/mol. The van der Waals surface area contributed by atoms with Gasteiger partial charge in [0.1, 0.15) is 0 Å². The van der Waals surface area contributed by atoms with Crippen LogP contribution in [0.2, 0.25) is 0 Å². The molecule has 6 heteroatoms. The smallest absolute Gasteiger partial charge is 0.304 e. The third-order valence-electron chi connectivity index (χ3n) is 3.71. The van der Waals surface area contributed by atoms with Gasteiger partial charge in [0.15, 0.2) is 0 Å². The van der Waals surface area contributed by atoms with E-state index in [0.717, 1.165) is 12.1 Å². The molecule has 0 radical (unpaired) electrons. The summed E-state index contributed by atoms with van der Waals surface area (Å²) in [5.41, 5.74) is 1.50. The van der Waals surface area contributed by atoms with Crippen LogP contribution in [0, 0.1) is 0 Å². The minimum absolute atomic E-state index is 0.0460. The van der Waals surface area contributed by atoms with Gasteiger partial charge in [-0.2, -0.15) is 0 Å². The first kappa shape index (κ1) is 19.1. The first-order valence-electron chi connectivity index (χ1n) is 7.98. The average Bonchev–Trinajstić information content (AvgIpc) is 2.55. The summed E-state index contributed by atoms with van der Waals surface area (Å²) in [5, 5.41) is 21.7. The number of aliphatic hydroxyl groups excluding tert-OH is 1. The van der Waals surface area contributed by atoms with Crippen LogP contribution in [0.1, 0.15) is 44.8 Å². The number of carbonyl (C=O) groups is 2. The Bertz CT molecular complexity index is 502. The van der Waals surface area contributed by atoms with Gasteiger partial charge in [0.2, 0.25) is 5.91 Å². The van der Waals surface area contributed by atoms with Gasteiger partial charge in [0.05, 0.1) is 12.5 Å². The fraction of sp³-hybridized carbons (Fsp3) is 0.529. The quantitative estimate of drug-likeness (QED) is 0.615. The SMILES string of the molecule is CCC(=O)Nc1ccc(C(O)CCN(CC)CCC(=O)O)cc1. The summed E-state index contributed by atoms with van der Waals surface area (Å²) in [4.78, 5) is 23.9. The van der Waals surface area contributed by atoms with Gasteiger partial charge in [0, 0.05) is 25.2 Å². The highest BCUT2D eigenvalue weighted by Gasteiger charge is 2.11. The molecule has 6 nitrogen and oxygen atoms in total. The molecule has 1 aromatic rings. The van der Waals surface area contributed by atoms with Crippen LogP contribution in [-0.4, -0.2) is 46.6 Å². The lowest BCUT2D eigenvalue weighted by atomic mass is 10.1. The van der Waals surface area contributed by atoms with Crippen LogP contribution in [0.4, 0.5) is 5.69 Å². The number of hydrogen-bond donors (Lipinski definition) is 3. The van der Waals surface area contributed by atoms with E-state index in [2.05, 4.69) is 5.32 Å². The van der Waals surface area contributed by atoms with Crippen molar-refractivity contribution in [3.8, 4) is 0 Å². The van der Waals surface area contributed by atoms with E-state index in [0.29, 0.717) is 31.6 Å². The summed E-state index contributed by atoms with van der Waals surface area (Å²) >= 11 is 0. The highest BCUT2D eigenvalue weighted by atomic mass is 16.4. The minimum atomic E-state index is -0.811. The summed E-state index contributed by atoms with van der Waals surface area (Å²) in [7, 11) is 0. The molecule has 1 rings (SSSR count). The molecule has 128 valence electrons. The molecule has 0 bridgehead atoms. The highest BCUT2D eigenvalue weighted by Crippen LogP contribution is 2.19. The van der Waals surface area contributed by atoms with E-state index in [4.69, 9.17) is 5.11 Å². The number of carboxylic acid groups (broad SMARTS) is 1. The van der Waals surface area contributed by atoms with Crippen LogP contribution in [0.5, 0.6) is 0 Å². The summed E-state index contributed by atoms with van der Waals surface area (Å²) < 4.78 is 0. The fourth-order valence-corrected chi connectivity index (χ4v) is 2.19. The zero-order chi connectivity index (χ0) is 17.2. The number of carbonyl (C=O) groups excluding carboxylic acids is 1. The summed E-state index contributed by atoms with van der Waals surface area (Å²) in [6.07, 6.45) is 0.460. The number of carboxylic acids is 1. The van der Waals surface area contributed by atoms with Gasteiger partial charge in [-0.3, -0.25) is 9.59 Å². The van der Waals surface area contributed by atoms with Crippen molar-refractivity contribution in [1.82, 2.24) is 4.90 Å². The van der Waals surface area contributed by atoms with E-state index >= 15 is 0 Å². The first-order valence-corrected chi connectivity index (χ1v) is 7.98. The van der Waals surface area contributed by atoms with E-state index < -0.39 is 12.1 Å². The maximum atomic E-state index is 11.3. The normalized spacial score (nSPS) is 12.2. The molecule has 0 saturated heterocycles. The second-order valence-corrected chi connectivity index (χ2v) is 5.41. The van der Waals surface area contributed by atoms with E-state index in [1.54, 1.807) is 31.2 Å². The molecule has 0 aromatic heterocycles. The number of anilines is 1. The molecular weight excluding hydrogens is 296 g/mol. The highest BCUT2D eigenvalue weighted by molar-refractivity contribution is 5.90. The monoisotopic (exact) mass is 322 g/mol. The number of nitrogens with one attached hydrogen (secondary N) is 1. The summed E-state index contributed by atoms with van der Waals surface area (Å²) in [6.45, 7) is 5.64. The van der Waals surface area contributed by atoms with E-state index in [-0.39, 0.29) is 12.3 Å². The van der Waals surface area contributed by atoms with E-state index in [9.17, 15) is 14.7 Å². The van der Waals surface area contributed by atoms with Crippen molar-refractivity contribution in [2.45, 2.75) is 39.2 Å².